The van der Waals surface area contributed by atoms with Gasteiger partial charge in [0.1, 0.15) is 11.9 Å². The van der Waals surface area contributed by atoms with Crippen LogP contribution in [-0.4, -0.2) is 35.0 Å². The molecule has 0 radical (unpaired) electrons. The van der Waals surface area contributed by atoms with Crippen molar-refractivity contribution in [3.63, 3.8) is 0 Å². The summed E-state index contributed by atoms with van der Waals surface area (Å²) < 4.78 is 4.94. The van der Waals surface area contributed by atoms with Crippen molar-refractivity contribution in [2.45, 2.75) is 138 Å². The SMILES string of the molecule is CC=CCCC=CCCC=CCC.COC1=C(O)C(C)C(CC=C(C)CCC=C(C)CCC=C(C)C)C(O)C1=O.O=C1C=CCCC1. The number of ether oxygens (including phenoxy) is 1. The van der Waals surface area contributed by atoms with Crippen LogP contribution in [0.4, 0.5) is 0 Å². The molecule has 3 atom stereocenters. The van der Waals surface area contributed by atoms with E-state index in [9.17, 15) is 19.8 Å². The number of methoxy groups -OCH3 is 1. The molecule has 5 heteroatoms. The minimum Gasteiger partial charge on any atom is -0.508 e. The summed E-state index contributed by atoms with van der Waals surface area (Å²) in [7, 11) is 1.34. The minimum atomic E-state index is -1.13. The predicted octanol–water partition coefficient (Wildman–Crippen LogP) is 11.3. The molecule has 0 fully saturated rings. The van der Waals surface area contributed by atoms with E-state index < -0.39 is 11.9 Å². The Kier molecular flexibility index (Phi) is 26.0. The Labute approximate surface area is 287 Å². The summed E-state index contributed by atoms with van der Waals surface area (Å²) in [5, 5.41) is 20.5. The normalized spacial score (nSPS) is 20.4. The second-order valence-electron chi connectivity index (χ2n) is 12.7. The zero-order chi connectivity index (χ0) is 35.5. The number of Topliss-reactive ketones (excluding diaryl/α,β-unsaturated/α-hetero) is 1. The third kappa shape index (κ3) is 21.3. The second-order valence-corrected chi connectivity index (χ2v) is 12.7. The van der Waals surface area contributed by atoms with E-state index in [0.717, 1.165) is 51.4 Å². The smallest absolute Gasteiger partial charge is 0.229 e. The highest BCUT2D eigenvalue weighted by atomic mass is 16.5. The van der Waals surface area contributed by atoms with Gasteiger partial charge in [-0.15, -0.1) is 0 Å². The summed E-state index contributed by atoms with van der Waals surface area (Å²) in [5.74, 6) is -1.05. The molecule has 0 aromatic rings. The predicted molar refractivity (Wildman–Crippen MR) is 200 cm³/mol. The number of aliphatic hydroxyl groups is 2. The van der Waals surface area contributed by atoms with Crippen molar-refractivity contribution in [3.05, 3.63) is 95.1 Å². The highest BCUT2D eigenvalue weighted by molar-refractivity contribution is 5.98. The first-order valence-corrected chi connectivity index (χ1v) is 17.7. The zero-order valence-electron chi connectivity index (χ0n) is 30.9. The molecule has 0 aliphatic heterocycles. The molecule has 0 spiro atoms. The molecule has 2 aliphatic rings. The van der Waals surface area contributed by atoms with Gasteiger partial charge < -0.3 is 14.9 Å². The first-order chi connectivity index (χ1) is 22.5. The van der Waals surface area contributed by atoms with Crippen molar-refractivity contribution in [3.8, 4) is 0 Å². The fourth-order valence-corrected chi connectivity index (χ4v) is 5.12. The van der Waals surface area contributed by atoms with Gasteiger partial charge in [0.2, 0.25) is 11.5 Å². The van der Waals surface area contributed by atoms with E-state index in [2.05, 4.69) is 96.2 Å². The Morgan fingerprint density at radius 3 is 1.94 bits per heavy atom. The van der Waals surface area contributed by atoms with E-state index in [-0.39, 0.29) is 29.1 Å². The van der Waals surface area contributed by atoms with Gasteiger partial charge in [0, 0.05) is 18.3 Å². The molecule has 5 nitrogen and oxygen atoms in total. The topological polar surface area (TPSA) is 83.8 Å². The molecular weight excluding hydrogens is 584 g/mol. The number of hydrogen-bond donors (Lipinski definition) is 2. The number of carbonyl (C=O) groups is 2. The largest absolute Gasteiger partial charge is 0.508 e. The van der Waals surface area contributed by atoms with Crippen molar-refractivity contribution in [2.75, 3.05) is 7.11 Å². The Bertz CT molecular complexity index is 1140. The lowest BCUT2D eigenvalue weighted by atomic mass is 9.77. The molecule has 264 valence electrons. The maximum Gasteiger partial charge on any atom is 0.229 e. The first kappa shape index (κ1) is 43.8. The number of carbonyl (C=O) groups excluding carboxylic acids is 2. The number of unbranched alkanes of at least 4 members (excludes halogenated alkanes) is 2. The highest BCUT2D eigenvalue weighted by Crippen LogP contribution is 2.34. The van der Waals surface area contributed by atoms with Crippen LogP contribution < -0.4 is 0 Å². The molecule has 0 bridgehead atoms. The summed E-state index contributed by atoms with van der Waals surface area (Å²) in [6.45, 7) is 14.5. The average molecular weight is 651 g/mol. The van der Waals surface area contributed by atoms with Crippen LogP contribution in [0.25, 0.3) is 0 Å². The Morgan fingerprint density at radius 2 is 1.45 bits per heavy atom. The highest BCUT2D eigenvalue weighted by Gasteiger charge is 2.41. The second kappa shape index (κ2) is 27.9. The zero-order valence-corrected chi connectivity index (χ0v) is 30.9. The van der Waals surface area contributed by atoms with Crippen LogP contribution in [0.3, 0.4) is 0 Å². The lowest BCUT2D eigenvalue weighted by Gasteiger charge is -2.32. The Morgan fingerprint density at radius 1 is 0.872 bits per heavy atom. The summed E-state index contributed by atoms with van der Waals surface area (Å²) in [6, 6.07) is 0. The number of rotatable bonds is 16. The van der Waals surface area contributed by atoms with Crippen LogP contribution >= 0.6 is 0 Å². The Balaban J connectivity index is 0.000000864. The maximum atomic E-state index is 12.1. The van der Waals surface area contributed by atoms with Crippen LogP contribution in [0.1, 0.15) is 132 Å². The maximum absolute atomic E-state index is 12.1. The van der Waals surface area contributed by atoms with Crippen LogP contribution in [-0.2, 0) is 14.3 Å². The van der Waals surface area contributed by atoms with E-state index in [0.29, 0.717) is 6.42 Å². The molecule has 0 heterocycles. The van der Waals surface area contributed by atoms with Crippen LogP contribution in [0, 0.1) is 11.8 Å². The van der Waals surface area contributed by atoms with Gasteiger partial charge in [0.05, 0.1) is 7.11 Å². The average Bonchev–Trinajstić information content (AvgIpc) is 3.04. The van der Waals surface area contributed by atoms with Crippen molar-refractivity contribution < 1.29 is 24.5 Å². The van der Waals surface area contributed by atoms with Gasteiger partial charge in [-0.05, 0) is 118 Å². The van der Waals surface area contributed by atoms with Crippen molar-refractivity contribution in [2.24, 2.45) is 11.8 Å². The van der Waals surface area contributed by atoms with Gasteiger partial charge in [-0.1, -0.05) is 91.3 Å². The molecule has 0 aromatic heterocycles. The molecule has 2 N–H and O–H groups in total. The Hall–Kier alpha value is -3.18. The van der Waals surface area contributed by atoms with Gasteiger partial charge in [-0.2, -0.15) is 0 Å². The summed E-state index contributed by atoms with van der Waals surface area (Å²) >= 11 is 0. The van der Waals surface area contributed by atoms with E-state index in [1.54, 1.807) is 6.08 Å². The van der Waals surface area contributed by atoms with Gasteiger partial charge in [-0.3, -0.25) is 9.59 Å². The number of allylic oxidation sites excluding steroid dienone is 15. The fourth-order valence-electron chi connectivity index (χ4n) is 5.12. The summed E-state index contributed by atoms with van der Waals surface area (Å²) in [4.78, 5) is 22.5. The third-order valence-electron chi connectivity index (χ3n) is 8.17. The summed E-state index contributed by atoms with van der Waals surface area (Å²) in [6.07, 6.45) is 36.0. The van der Waals surface area contributed by atoms with Gasteiger partial charge in [-0.25, -0.2) is 0 Å². The van der Waals surface area contributed by atoms with Crippen molar-refractivity contribution in [1.29, 1.82) is 0 Å². The van der Waals surface area contributed by atoms with Gasteiger partial charge >= 0.3 is 0 Å². The monoisotopic (exact) mass is 650 g/mol. The van der Waals surface area contributed by atoms with E-state index in [1.807, 2.05) is 13.0 Å². The van der Waals surface area contributed by atoms with Crippen molar-refractivity contribution >= 4 is 11.6 Å². The number of ketones is 2. The van der Waals surface area contributed by atoms with Crippen LogP contribution in [0.15, 0.2) is 95.1 Å². The van der Waals surface area contributed by atoms with Crippen LogP contribution in [0.2, 0.25) is 0 Å². The molecule has 2 aliphatic carbocycles. The van der Waals surface area contributed by atoms with E-state index in [4.69, 9.17) is 4.74 Å². The molecule has 0 saturated heterocycles. The third-order valence-corrected chi connectivity index (χ3v) is 8.17. The number of hydrogen-bond acceptors (Lipinski definition) is 5. The quantitative estimate of drug-likeness (QED) is 0.128. The minimum absolute atomic E-state index is 0.0567. The van der Waals surface area contributed by atoms with Gasteiger partial charge in [0.25, 0.3) is 0 Å². The molecule has 47 heavy (non-hydrogen) atoms. The van der Waals surface area contributed by atoms with E-state index in [1.165, 1.54) is 49.5 Å². The standard InChI is InChI=1S/C23H36O4.C13H22.C6H8O/c1-15(2)9-7-10-16(3)11-8-12-17(4)13-14-19-18(5)20(24)23(27-6)22(26)21(19)25;1-3-5-7-9-11-13-12-10-8-6-4-2;7-6-4-2-1-3-5-6/h9,11,13,18-19,21,24-25H,7-8,10,12,14H2,1-6H3;3,5-6,8,11,13H,4,7,9-10,12H2,1-2H3;2,4H,1,3,5H2. The van der Waals surface area contributed by atoms with Gasteiger partial charge in [0.15, 0.2) is 5.78 Å². The van der Waals surface area contributed by atoms with Crippen LogP contribution in [0.5, 0.6) is 0 Å². The molecular formula is C42H66O5. The molecule has 2 rings (SSSR count). The van der Waals surface area contributed by atoms with Crippen molar-refractivity contribution in [1.82, 2.24) is 0 Å². The molecule has 3 unspecified atom stereocenters. The first-order valence-electron chi connectivity index (χ1n) is 17.7. The lowest BCUT2D eigenvalue weighted by molar-refractivity contribution is -0.132. The number of aliphatic hydroxyl groups excluding tert-OH is 2. The summed E-state index contributed by atoms with van der Waals surface area (Å²) in [5.41, 5.74) is 4.00. The molecule has 0 saturated carbocycles. The molecule has 0 aromatic carbocycles. The lowest BCUT2D eigenvalue weighted by Crippen LogP contribution is -2.40. The fraction of sp³-hybridized carbons (Fsp3) is 0.571. The van der Waals surface area contributed by atoms with E-state index >= 15 is 0 Å². The molecule has 0 amide bonds.